The molecule has 21 heavy (non-hydrogen) atoms. The van der Waals surface area contributed by atoms with E-state index >= 15 is 0 Å². The topological polar surface area (TPSA) is 50.1 Å². The first-order valence-electron chi connectivity index (χ1n) is 7.78. The fourth-order valence-electron chi connectivity index (χ4n) is 3.04. The highest BCUT2D eigenvalue weighted by atomic mass is 16.3. The lowest BCUT2D eigenvalue weighted by Gasteiger charge is -2.27. The number of benzene rings is 1. The Balaban J connectivity index is 1.65. The van der Waals surface area contributed by atoms with Gasteiger partial charge in [-0.1, -0.05) is 30.3 Å². The molecule has 1 fully saturated rings. The second-order valence-corrected chi connectivity index (χ2v) is 5.75. The lowest BCUT2D eigenvalue weighted by Crippen LogP contribution is -2.31. The predicted molar refractivity (Wildman–Crippen MR) is 82.9 cm³/mol. The van der Waals surface area contributed by atoms with Gasteiger partial charge in [0, 0.05) is 18.9 Å². The van der Waals surface area contributed by atoms with Crippen molar-refractivity contribution in [2.75, 3.05) is 13.1 Å². The smallest absolute Gasteiger partial charge is 0.137 e. The van der Waals surface area contributed by atoms with Gasteiger partial charge in [0.15, 0.2) is 0 Å². The Hall–Kier alpha value is -1.65. The molecule has 112 valence electrons. The number of hydrogen-bond donors (Lipinski definition) is 2. The van der Waals surface area contributed by atoms with Crippen LogP contribution in [0.1, 0.15) is 30.3 Å². The minimum atomic E-state index is -0.446. The van der Waals surface area contributed by atoms with Gasteiger partial charge >= 0.3 is 0 Å². The molecule has 1 unspecified atom stereocenters. The fraction of sp³-hybridized carbons (Fsp3) is 0.471. The molecule has 3 rings (SSSR count). The van der Waals surface area contributed by atoms with Gasteiger partial charge in [0.2, 0.25) is 0 Å². The molecule has 4 nitrogen and oxygen atoms in total. The maximum Gasteiger partial charge on any atom is 0.137 e. The summed E-state index contributed by atoms with van der Waals surface area (Å²) in [4.78, 5) is 4.40. The van der Waals surface area contributed by atoms with Crippen molar-refractivity contribution < 1.29 is 5.11 Å². The summed E-state index contributed by atoms with van der Waals surface area (Å²) in [6.07, 6.45) is 6.33. The van der Waals surface area contributed by atoms with E-state index in [9.17, 15) is 5.11 Å². The van der Waals surface area contributed by atoms with Gasteiger partial charge in [-0.3, -0.25) is 0 Å². The first kappa shape index (κ1) is 14.3. The molecular formula is C17H23N3O. The third kappa shape index (κ3) is 3.52. The zero-order chi connectivity index (χ0) is 14.5. The molecule has 1 atom stereocenters. The van der Waals surface area contributed by atoms with Crippen LogP contribution in [-0.2, 0) is 13.0 Å². The zero-order valence-corrected chi connectivity index (χ0v) is 12.3. The number of aryl methyl sites for hydroxylation is 2. The molecule has 1 aliphatic heterocycles. The Labute approximate surface area is 125 Å². The van der Waals surface area contributed by atoms with Gasteiger partial charge in [-0.2, -0.15) is 0 Å². The second kappa shape index (κ2) is 6.87. The molecule has 0 amide bonds. The van der Waals surface area contributed by atoms with Crippen LogP contribution >= 0.6 is 0 Å². The molecular weight excluding hydrogens is 262 g/mol. The highest BCUT2D eigenvalue weighted by Crippen LogP contribution is 2.27. The van der Waals surface area contributed by atoms with Crippen molar-refractivity contribution in [1.29, 1.82) is 0 Å². The average Bonchev–Trinajstić information content (AvgIpc) is 3.02. The van der Waals surface area contributed by atoms with Crippen molar-refractivity contribution in [3.05, 3.63) is 54.1 Å². The van der Waals surface area contributed by atoms with Crippen molar-refractivity contribution in [2.45, 2.75) is 31.9 Å². The van der Waals surface area contributed by atoms with Crippen LogP contribution in [0, 0.1) is 5.92 Å². The number of piperidine rings is 1. The van der Waals surface area contributed by atoms with Gasteiger partial charge in [0.05, 0.1) is 0 Å². The molecule has 1 saturated heterocycles. The minimum absolute atomic E-state index is 0.323. The van der Waals surface area contributed by atoms with Crippen LogP contribution in [0.2, 0.25) is 0 Å². The minimum Gasteiger partial charge on any atom is -0.385 e. The van der Waals surface area contributed by atoms with Crippen LogP contribution in [0.5, 0.6) is 0 Å². The number of nitrogens with one attached hydrogen (secondary N) is 1. The van der Waals surface area contributed by atoms with Gasteiger partial charge in [-0.05, 0) is 43.8 Å². The summed E-state index contributed by atoms with van der Waals surface area (Å²) in [5.74, 6) is 1.14. The second-order valence-electron chi connectivity index (χ2n) is 5.75. The Morgan fingerprint density at radius 3 is 2.76 bits per heavy atom. The SMILES string of the molecule is OC(c1nccn1CCc1ccccc1)C1CCNCC1. The third-order valence-corrected chi connectivity index (χ3v) is 4.33. The predicted octanol–water partition coefficient (Wildman–Crippen LogP) is 2.16. The van der Waals surface area contributed by atoms with Crippen LogP contribution in [0.25, 0.3) is 0 Å². The molecule has 1 aromatic carbocycles. The average molecular weight is 285 g/mol. The van der Waals surface area contributed by atoms with E-state index in [4.69, 9.17) is 0 Å². The van der Waals surface area contributed by atoms with E-state index in [0.29, 0.717) is 5.92 Å². The van der Waals surface area contributed by atoms with Gasteiger partial charge in [0.1, 0.15) is 11.9 Å². The zero-order valence-electron chi connectivity index (χ0n) is 12.3. The van der Waals surface area contributed by atoms with Crippen molar-refractivity contribution in [2.24, 2.45) is 5.92 Å². The molecule has 0 bridgehead atoms. The molecule has 2 aromatic rings. The number of aromatic nitrogens is 2. The number of aliphatic hydroxyl groups is 1. The van der Waals surface area contributed by atoms with Crippen molar-refractivity contribution >= 4 is 0 Å². The van der Waals surface area contributed by atoms with Gasteiger partial charge in [0.25, 0.3) is 0 Å². The van der Waals surface area contributed by atoms with Crippen molar-refractivity contribution in [1.82, 2.24) is 14.9 Å². The summed E-state index contributed by atoms with van der Waals surface area (Å²) in [7, 11) is 0. The largest absolute Gasteiger partial charge is 0.385 e. The first-order chi connectivity index (χ1) is 10.3. The maximum atomic E-state index is 10.6. The Morgan fingerprint density at radius 2 is 2.00 bits per heavy atom. The summed E-state index contributed by atoms with van der Waals surface area (Å²) in [6.45, 7) is 2.85. The maximum absolute atomic E-state index is 10.6. The van der Waals surface area contributed by atoms with Gasteiger partial charge in [-0.25, -0.2) is 4.98 Å². The molecule has 0 spiro atoms. The van der Waals surface area contributed by atoms with E-state index < -0.39 is 6.10 Å². The van der Waals surface area contributed by atoms with E-state index in [2.05, 4.69) is 39.1 Å². The summed E-state index contributed by atoms with van der Waals surface area (Å²) >= 11 is 0. The number of imidazole rings is 1. The summed E-state index contributed by atoms with van der Waals surface area (Å²) in [5, 5.41) is 13.9. The molecule has 0 aliphatic carbocycles. The number of nitrogens with zero attached hydrogens (tertiary/aromatic N) is 2. The molecule has 2 N–H and O–H groups in total. The lowest BCUT2D eigenvalue weighted by molar-refractivity contribution is 0.0778. The van der Waals surface area contributed by atoms with Crippen molar-refractivity contribution in [3.63, 3.8) is 0 Å². The monoisotopic (exact) mass is 285 g/mol. The fourth-order valence-corrected chi connectivity index (χ4v) is 3.04. The van der Waals surface area contributed by atoms with Crippen molar-refractivity contribution in [3.8, 4) is 0 Å². The van der Waals surface area contributed by atoms with E-state index in [1.54, 1.807) is 6.20 Å². The molecule has 2 heterocycles. The van der Waals surface area contributed by atoms with E-state index in [0.717, 1.165) is 44.7 Å². The van der Waals surface area contributed by atoms with E-state index in [-0.39, 0.29) is 0 Å². The lowest BCUT2D eigenvalue weighted by atomic mass is 9.91. The Kier molecular flexibility index (Phi) is 4.68. The van der Waals surface area contributed by atoms with Gasteiger partial charge < -0.3 is 15.0 Å². The first-order valence-corrected chi connectivity index (χ1v) is 7.78. The van der Waals surface area contributed by atoms with E-state index in [1.165, 1.54) is 5.56 Å². The van der Waals surface area contributed by atoms with Crippen LogP contribution in [-0.4, -0.2) is 27.7 Å². The van der Waals surface area contributed by atoms with E-state index in [1.807, 2.05) is 12.3 Å². The Morgan fingerprint density at radius 1 is 1.24 bits per heavy atom. The quantitative estimate of drug-likeness (QED) is 0.885. The van der Waals surface area contributed by atoms with Gasteiger partial charge in [-0.15, -0.1) is 0 Å². The molecule has 1 aromatic heterocycles. The summed E-state index contributed by atoms with van der Waals surface area (Å²) in [6, 6.07) is 10.4. The molecule has 0 radical (unpaired) electrons. The molecule has 4 heteroatoms. The Bertz CT molecular complexity index is 546. The summed E-state index contributed by atoms with van der Waals surface area (Å²) < 4.78 is 2.10. The van der Waals surface area contributed by atoms with Crippen LogP contribution in [0.4, 0.5) is 0 Å². The van der Waals surface area contributed by atoms with Crippen LogP contribution in [0.3, 0.4) is 0 Å². The molecule has 0 saturated carbocycles. The number of aliphatic hydroxyl groups excluding tert-OH is 1. The number of hydrogen-bond acceptors (Lipinski definition) is 3. The standard InChI is InChI=1S/C17H23N3O/c21-16(15-6-9-18-10-7-15)17-19-11-13-20(17)12-8-14-4-2-1-3-5-14/h1-5,11,13,15-16,18,21H,6-10,12H2. The number of rotatable bonds is 5. The molecule has 1 aliphatic rings. The summed E-state index contributed by atoms with van der Waals surface area (Å²) in [5.41, 5.74) is 1.31. The van der Waals surface area contributed by atoms with Crippen LogP contribution < -0.4 is 5.32 Å². The highest BCUT2D eigenvalue weighted by molar-refractivity contribution is 5.15. The van der Waals surface area contributed by atoms with Crippen LogP contribution in [0.15, 0.2) is 42.7 Å². The third-order valence-electron chi connectivity index (χ3n) is 4.33. The normalized spacial score (nSPS) is 17.8. The highest BCUT2D eigenvalue weighted by Gasteiger charge is 2.26.